The molecule has 4 heteroatoms. The molecule has 0 saturated heterocycles. The summed E-state index contributed by atoms with van der Waals surface area (Å²) in [5.74, 6) is 0. The van der Waals surface area contributed by atoms with Crippen molar-refractivity contribution in [3.8, 4) is 0 Å². The minimum Gasteiger partial charge on any atom is -0.377 e. The molecule has 0 amide bonds. The molecule has 1 saturated carbocycles. The molecule has 0 heterocycles. The number of benzene rings is 1. The Morgan fingerprint density at radius 3 is 2.31 bits per heavy atom. The smallest absolute Gasteiger partial charge is 0.184 e. The second-order valence-corrected chi connectivity index (χ2v) is 6.70. The zero-order chi connectivity index (χ0) is 12.0. The second kappa shape index (κ2) is 3.57. The average Bonchev–Trinajstić information content (AvgIpc) is 2.93. The lowest BCUT2D eigenvalue weighted by Gasteiger charge is -2.09. The van der Waals surface area contributed by atoms with Crippen molar-refractivity contribution >= 4 is 9.84 Å². The van der Waals surface area contributed by atoms with E-state index in [9.17, 15) is 8.42 Å². The number of sulfone groups is 1. The topological polar surface area (TPSA) is 43.4 Å². The van der Waals surface area contributed by atoms with Gasteiger partial charge in [0.25, 0.3) is 0 Å². The summed E-state index contributed by atoms with van der Waals surface area (Å²) >= 11 is 0. The Kier molecular flexibility index (Phi) is 2.59. The molecule has 0 N–H and O–H groups in total. The molecule has 0 unspecified atom stereocenters. The Morgan fingerprint density at radius 1 is 1.31 bits per heavy atom. The molecule has 1 aromatic carbocycles. The van der Waals surface area contributed by atoms with Crippen LogP contribution in [0.15, 0.2) is 29.2 Å². The Labute approximate surface area is 96.4 Å². The van der Waals surface area contributed by atoms with Crippen LogP contribution in [0.4, 0.5) is 0 Å². The molecule has 0 radical (unpaired) electrons. The number of methoxy groups -OCH3 is 1. The Bertz CT molecular complexity index is 490. The Hall–Kier alpha value is -0.870. The lowest BCUT2D eigenvalue weighted by Crippen LogP contribution is -2.19. The van der Waals surface area contributed by atoms with Crippen molar-refractivity contribution in [2.24, 2.45) is 0 Å². The molecule has 1 aromatic rings. The van der Waals surface area contributed by atoms with Crippen LogP contribution < -0.4 is 0 Å². The third-order valence-corrected chi connectivity index (χ3v) is 5.65. The summed E-state index contributed by atoms with van der Waals surface area (Å²) < 4.78 is 29.6. The van der Waals surface area contributed by atoms with Gasteiger partial charge < -0.3 is 4.74 Å². The van der Waals surface area contributed by atoms with E-state index in [1.807, 2.05) is 26.0 Å². The van der Waals surface area contributed by atoms with Crippen LogP contribution in [0.1, 0.15) is 18.9 Å². The molecule has 1 aliphatic rings. The van der Waals surface area contributed by atoms with Crippen molar-refractivity contribution < 1.29 is 13.2 Å². The van der Waals surface area contributed by atoms with Crippen molar-refractivity contribution in [3.63, 3.8) is 0 Å². The van der Waals surface area contributed by atoms with Gasteiger partial charge in [-0.15, -0.1) is 0 Å². The highest BCUT2D eigenvalue weighted by molar-refractivity contribution is 7.92. The van der Waals surface area contributed by atoms with Crippen LogP contribution in [0, 0.1) is 6.92 Å². The molecule has 1 aliphatic carbocycles. The fourth-order valence-corrected chi connectivity index (χ4v) is 4.00. The zero-order valence-electron chi connectivity index (χ0n) is 9.73. The van der Waals surface area contributed by atoms with Crippen molar-refractivity contribution in [2.45, 2.75) is 36.0 Å². The lowest BCUT2D eigenvalue weighted by atomic mass is 10.2. The summed E-state index contributed by atoms with van der Waals surface area (Å²) in [6.07, 6.45) is 0.583. The molecule has 1 fully saturated rings. The molecule has 2 atom stereocenters. The van der Waals surface area contributed by atoms with Gasteiger partial charge in [-0.25, -0.2) is 8.42 Å². The largest absolute Gasteiger partial charge is 0.377 e. The number of aryl methyl sites for hydroxylation is 1. The molecule has 0 aromatic heterocycles. The third-order valence-electron chi connectivity index (χ3n) is 3.30. The Morgan fingerprint density at radius 2 is 1.88 bits per heavy atom. The van der Waals surface area contributed by atoms with E-state index in [1.54, 1.807) is 19.2 Å². The number of rotatable bonds is 3. The first-order valence-electron chi connectivity index (χ1n) is 5.26. The van der Waals surface area contributed by atoms with Crippen LogP contribution in [0.5, 0.6) is 0 Å². The summed E-state index contributed by atoms with van der Waals surface area (Å²) in [5, 5.41) is -0.396. The van der Waals surface area contributed by atoms with Gasteiger partial charge in [-0.2, -0.15) is 0 Å². The molecular formula is C12H16O3S. The molecule has 0 aliphatic heterocycles. The van der Waals surface area contributed by atoms with E-state index in [4.69, 9.17) is 4.74 Å². The SMILES string of the molecule is CO[C@]1(C)C[C@H]1S(=O)(=O)c1ccc(C)cc1. The maximum atomic E-state index is 12.2. The fraction of sp³-hybridized carbons (Fsp3) is 0.500. The highest BCUT2D eigenvalue weighted by Crippen LogP contribution is 2.46. The number of ether oxygens (including phenoxy) is 1. The van der Waals surface area contributed by atoms with Crippen molar-refractivity contribution in [1.29, 1.82) is 0 Å². The zero-order valence-corrected chi connectivity index (χ0v) is 10.5. The van der Waals surface area contributed by atoms with Crippen LogP contribution >= 0.6 is 0 Å². The summed E-state index contributed by atoms with van der Waals surface area (Å²) in [6, 6.07) is 6.97. The van der Waals surface area contributed by atoms with Gasteiger partial charge in [-0.3, -0.25) is 0 Å². The molecule has 3 nitrogen and oxygen atoms in total. The van der Waals surface area contributed by atoms with Crippen molar-refractivity contribution in [3.05, 3.63) is 29.8 Å². The maximum Gasteiger partial charge on any atom is 0.184 e. The lowest BCUT2D eigenvalue weighted by molar-refractivity contribution is 0.0977. The van der Waals surface area contributed by atoms with Gasteiger partial charge in [-0.05, 0) is 32.4 Å². The van der Waals surface area contributed by atoms with Crippen LogP contribution in [-0.4, -0.2) is 26.4 Å². The first-order valence-corrected chi connectivity index (χ1v) is 6.80. The van der Waals surface area contributed by atoms with E-state index in [0.29, 0.717) is 11.3 Å². The number of hydrogen-bond donors (Lipinski definition) is 0. The molecule has 2 rings (SSSR count). The molecular weight excluding hydrogens is 224 g/mol. The highest BCUT2D eigenvalue weighted by Gasteiger charge is 2.58. The first-order chi connectivity index (χ1) is 7.40. The Balaban J connectivity index is 2.31. The van der Waals surface area contributed by atoms with Gasteiger partial charge in [0.1, 0.15) is 0 Å². The van der Waals surface area contributed by atoms with E-state index < -0.39 is 20.7 Å². The molecule has 0 bridgehead atoms. The maximum absolute atomic E-state index is 12.2. The predicted molar refractivity (Wildman–Crippen MR) is 62.2 cm³/mol. The quantitative estimate of drug-likeness (QED) is 0.811. The van der Waals surface area contributed by atoms with E-state index in [-0.39, 0.29) is 0 Å². The van der Waals surface area contributed by atoms with Gasteiger partial charge in [0, 0.05) is 7.11 Å². The minimum atomic E-state index is -3.23. The minimum absolute atomic E-state index is 0.392. The van der Waals surface area contributed by atoms with Crippen molar-refractivity contribution in [2.75, 3.05) is 7.11 Å². The van der Waals surface area contributed by atoms with Crippen molar-refractivity contribution in [1.82, 2.24) is 0 Å². The van der Waals surface area contributed by atoms with Gasteiger partial charge >= 0.3 is 0 Å². The van der Waals surface area contributed by atoms with E-state index in [2.05, 4.69) is 0 Å². The van der Waals surface area contributed by atoms with Gasteiger partial charge in [-0.1, -0.05) is 17.7 Å². The fourth-order valence-electron chi connectivity index (χ4n) is 1.85. The van der Waals surface area contributed by atoms with Crippen LogP contribution in [0.2, 0.25) is 0 Å². The molecule has 16 heavy (non-hydrogen) atoms. The summed E-state index contributed by atoms with van der Waals surface area (Å²) in [7, 11) is -1.67. The van der Waals surface area contributed by atoms with Crippen LogP contribution in [-0.2, 0) is 14.6 Å². The third kappa shape index (κ3) is 1.76. The summed E-state index contributed by atoms with van der Waals surface area (Å²) in [6.45, 7) is 3.77. The summed E-state index contributed by atoms with van der Waals surface area (Å²) in [4.78, 5) is 0.392. The average molecular weight is 240 g/mol. The van der Waals surface area contributed by atoms with Gasteiger partial charge in [0.15, 0.2) is 9.84 Å². The monoisotopic (exact) mass is 240 g/mol. The second-order valence-electron chi connectivity index (χ2n) is 4.57. The number of hydrogen-bond acceptors (Lipinski definition) is 3. The molecule has 0 spiro atoms. The standard InChI is InChI=1S/C12H16O3S/c1-9-4-6-10(7-5-9)16(13,14)11-8-12(11,2)15-3/h4-7,11H,8H2,1-3H3/t11-,12-/m1/s1. The van der Waals surface area contributed by atoms with Crippen LogP contribution in [0.25, 0.3) is 0 Å². The summed E-state index contributed by atoms with van der Waals surface area (Å²) in [5.41, 5.74) is 0.563. The molecule has 88 valence electrons. The predicted octanol–water partition coefficient (Wildman–Crippen LogP) is 1.95. The first kappa shape index (κ1) is 11.6. The van der Waals surface area contributed by atoms with E-state index >= 15 is 0 Å². The van der Waals surface area contributed by atoms with Gasteiger partial charge in [0.2, 0.25) is 0 Å². The highest BCUT2D eigenvalue weighted by atomic mass is 32.2. The van der Waals surface area contributed by atoms with E-state index in [1.165, 1.54) is 0 Å². The van der Waals surface area contributed by atoms with Crippen LogP contribution in [0.3, 0.4) is 0 Å². The van der Waals surface area contributed by atoms with Gasteiger partial charge in [0.05, 0.1) is 15.7 Å². The van der Waals surface area contributed by atoms with E-state index in [0.717, 1.165) is 5.56 Å². The normalized spacial score (nSPS) is 29.1.